The second-order valence-electron chi connectivity index (χ2n) is 5.87. The van der Waals surface area contributed by atoms with E-state index in [1.807, 2.05) is 0 Å². The Kier molecular flexibility index (Phi) is 4.60. The molecule has 0 radical (unpaired) electrons. The molecule has 1 aliphatic carbocycles. The fraction of sp³-hybridized carbons (Fsp3) is 1.00. The van der Waals surface area contributed by atoms with Gasteiger partial charge in [0.1, 0.15) is 0 Å². The van der Waals surface area contributed by atoms with Crippen LogP contribution >= 0.6 is 11.8 Å². The molecule has 2 rings (SSSR count). The second-order valence-corrected chi connectivity index (χ2v) is 7.35. The number of rotatable bonds is 2. The van der Waals surface area contributed by atoms with Crippen molar-refractivity contribution in [1.29, 1.82) is 0 Å². The highest BCUT2D eigenvalue weighted by Gasteiger charge is 2.31. The lowest BCUT2D eigenvalue weighted by Gasteiger charge is -2.40. The predicted molar refractivity (Wildman–Crippen MR) is 74.0 cm³/mol. The SMILES string of the molecule is CC1CCCC(NC2CCCSC2C)C1C. The highest BCUT2D eigenvalue weighted by Crippen LogP contribution is 2.32. The second kappa shape index (κ2) is 5.77. The van der Waals surface area contributed by atoms with Gasteiger partial charge in [-0.05, 0) is 36.9 Å². The molecule has 0 amide bonds. The van der Waals surface area contributed by atoms with E-state index in [0.29, 0.717) is 0 Å². The van der Waals surface area contributed by atoms with Crippen molar-refractivity contribution in [3.05, 3.63) is 0 Å². The van der Waals surface area contributed by atoms with Crippen molar-refractivity contribution in [1.82, 2.24) is 5.32 Å². The van der Waals surface area contributed by atoms with Gasteiger partial charge in [-0.3, -0.25) is 0 Å². The van der Waals surface area contributed by atoms with Gasteiger partial charge in [-0.2, -0.15) is 11.8 Å². The first kappa shape index (κ1) is 12.8. The summed E-state index contributed by atoms with van der Waals surface area (Å²) in [6.45, 7) is 7.28. The maximum absolute atomic E-state index is 3.97. The summed E-state index contributed by atoms with van der Waals surface area (Å²) in [5.74, 6) is 3.15. The Morgan fingerprint density at radius 1 is 0.938 bits per heavy atom. The average molecular weight is 241 g/mol. The topological polar surface area (TPSA) is 12.0 Å². The molecule has 0 aromatic heterocycles. The van der Waals surface area contributed by atoms with Crippen LogP contribution in [0.15, 0.2) is 0 Å². The van der Waals surface area contributed by atoms with Crippen molar-refractivity contribution in [2.45, 2.75) is 70.2 Å². The summed E-state index contributed by atoms with van der Waals surface area (Å²) in [5, 5.41) is 4.78. The van der Waals surface area contributed by atoms with Gasteiger partial charge in [0.05, 0.1) is 0 Å². The van der Waals surface area contributed by atoms with Crippen molar-refractivity contribution in [3.8, 4) is 0 Å². The summed E-state index contributed by atoms with van der Waals surface area (Å²) >= 11 is 2.15. The fourth-order valence-electron chi connectivity index (χ4n) is 3.23. The summed E-state index contributed by atoms with van der Waals surface area (Å²) < 4.78 is 0. The van der Waals surface area contributed by atoms with E-state index in [2.05, 4.69) is 37.8 Å². The smallest absolute Gasteiger partial charge is 0.0186 e. The molecule has 5 unspecified atom stereocenters. The van der Waals surface area contributed by atoms with E-state index in [4.69, 9.17) is 0 Å². The summed E-state index contributed by atoms with van der Waals surface area (Å²) in [5.41, 5.74) is 0. The van der Waals surface area contributed by atoms with E-state index in [1.54, 1.807) is 0 Å². The minimum atomic E-state index is 0.775. The molecule has 0 spiro atoms. The molecule has 2 aliphatic rings. The van der Waals surface area contributed by atoms with Gasteiger partial charge < -0.3 is 5.32 Å². The van der Waals surface area contributed by atoms with Crippen LogP contribution in [0.4, 0.5) is 0 Å². The molecule has 1 nitrogen and oxygen atoms in total. The number of hydrogen-bond acceptors (Lipinski definition) is 2. The largest absolute Gasteiger partial charge is 0.310 e. The maximum Gasteiger partial charge on any atom is 0.0186 e. The lowest BCUT2D eigenvalue weighted by atomic mass is 9.77. The standard InChI is InChI=1S/C14H27NS/c1-10-6-4-7-13(11(10)2)15-14-8-5-9-16-12(14)3/h10-15H,4-9H2,1-3H3. The van der Waals surface area contributed by atoms with Crippen LogP contribution in [0.2, 0.25) is 0 Å². The zero-order chi connectivity index (χ0) is 11.5. The Bertz CT molecular complexity index is 219. The van der Waals surface area contributed by atoms with Gasteiger partial charge >= 0.3 is 0 Å². The normalized spacial score (nSPS) is 45.6. The van der Waals surface area contributed by atoms with Crippen LogP contribution in [0.5, 0.6) is 0 Å². The van der Waals surface area contributed by atoms with Crippen molar-refractivity contribution in [2.24, 2.45) is 11.8 Å². The van der Waals surface area contributed by atoms with E-state index in [0.717, 1.165) is 29.2 Å². The average Bonchev–Trinajstić information content (AvgIpc) is 2.28. The number of nitrogens with one attached hydrogen (secondary N) is 1. The third-order valence-corrected chi connectivity index (χ3v) is 6.12. The van der Waals surface area contributed by atoms with Crippen molar-refractivity contribution in [2.75, 3.05) is 5.75 Å². The zero-order valence-electron chi connectivity index (χ0n) is 11.0. The molecule has 1 aliphatic heterocycles. The van der Waals surface area contributed by atoms with Crippen LogP contribution in [-0.2, 0) is 0 Å². The summed E-state index contributed by atoms with van der Waals surface area (Å²) in [4.78, 5) is 0. The summed E-state index contributed by atoms with van der Waals surface area (Å²) in [6.07, 6.45) is 7.07. The molecule has 94 valence electrons. The van der Waals surface area contributed by atoms with E-state index < -0.39 is 0 Å². The van der Waals surface area contributed by atoms with Crippen molar-refractivity contribution >= 4 is 11.8 Å². The van der Waals surface area contributed by atoms with Crippen LogP contribution in [0, 0.1) is 11.8 Å². The maximum atomic E-state index is 3.97. The Labute approximate surface area is 105 Å². The van der Waals surface area contributed by atoms with E-state index in [9.17, 15) is 0 Å². The summed E-state index contributed by atoms with van der Waals surface area (Å²) in [6, 6.07) is 1.56. The molecule has 0 aromatic carbocycles. The molecule has 2 fully saturated rings. The Hall–Kier alpha value is 0.310. The molecule has 16 heavy (non-hydrogen) atoms. The van der Waals surface area contributed by atoms with Crippen LogP contribution < -0.4 is 5.32 Å². The lowest BCUT2D eigenvalue weighted by molar-refractivity contribution is 0.190. The van der Waals surface area contributed by atoms with Crippen LogP contribution in [0.25, 0.3) is 0 Å². The molecule has 1 saturated heterocycles. The Morgan fingerprint density at radius 2 is 1.69 bits per heavy atom. The lowest BCUT2D eigenvalue weighted by Crippen LogP contribution is -2.49. The van der Waals surface area contributed by atoms with Gasteiger partial charge in [0.25, 0.3) is 0 Å². The molecular formula is C14H27NS. The molecule has 0 aromatic rings. The van der Waals surface area contributed by atoms with Crippen LogP contribution in [-0.4, -0.2) is 23.1 Å². The molecule has 1 N–H and O–H groups in total. The third-order valence-electron chi connectivity index (χ3n) is 4.74. The molecule has 0 bridgehead atoms. The highest BCUT2D eigenvalue weighted by atomic mass is 32.2. The zero-order valence-corrected chi connectivity index (χ0v) is 11.9. The first-order valence-electron chi connectivity index (χ1n) is 7.06. The van der Waals surface area contributed by atoms with E-state index in [-0.39, 0.29) is 0 Å². The van der Waals surface area contributed by atoms with Gasteiger partial charge in [0.2, 0.25) is 0 Å². The minimum Gasteiger partial charge on any atom is -0.310 e. The highest BCUT2D eigenvalue weighted by molar-refractivity contribution is 7.99. The fourth-order valence-corrected chi connectivity index (χ4v) is 4.39. The van der Waals surface area contributed by atoms with Crippen LogP contribution in [0.3, 0.4) is 0 Å². The molecule has 1 heterocycles. The van der Waals surface area contributed by atoms with Gasteiger partial charge in [-0.1, -0.05) is 33.6 Å². The Balaban J connectivity index is 1.87. The van der Waals surface area contributed by atoms with Gasteiger partial charge in [-0.15, -0.1) is 0 Å². The number of hydrogen-bond donors (Lipinski definition) is 1. The minimum absolute atomic E-state index is 0.775. The Morgan fingerprint density at radius 3 is 2.44 bits per heavy atom. The van der Waals surface area contributed by atoms with Gasteiger partial charge in [0.15, 0.2) is 0 Å². The van der Waals surface area contributed by atoms with Crippen molar-refractivity contribution < 1.29 is 0 Å². The molecule has 2 heteroatoms. The van der Waals surface area contributed by atoms with Crippen molar-refractivity contribution in [3.63, 3.8) is 0 Å². The first-order valence-corrected chi connectivity index (χ1v) is 8.11. The summed E-state index contributed by atoms with van der Waals surface area (Å²) in [7, 11) is 0. The predicted octanol–water partition coefficient (Wildman–Crippen LogP) is 3.68. The van der Waals surface area contributed by atoms with E-state index >= 15 is 0 Å². The van der Waals surface area contributed by atoms with Gasteiger partial charge in [-0.25, -0.2) is 0 Å². The molecular weight excluding hydrogens is 214 g/mol. The molecule has 5 atom stereocenters. The molecule has 1 saturated carbocycles. The quantitative estimate of drug-likeness (QED) is 0.791. The van der Waals surface area contributed by atoms with Gasteiger partial charge in [0, 0.05) is 17.3 Å². The number of thioether (sulfide) groups is 1. The third kappa shape index (κ3) is 2.95. The van der Waals surface area contributed by atoms with Crippen LogP contribution in [0.1, 0.15) is 52.9 Å². The monoisotopic (exact) mass is 241 g/mol. The first-order chi connectivity index (χ1) is 7.68. The van der Waals surface area contributed by atoms with E-state index in [1.165, 1.54) is 37.9 Å².